The second kappa shape index (κ2) is 8.51. The van der Waals surface area contributed by atoms with Crippen LogP contribution in [-0.2, 0) is 4.79 Å². The Kier molecular flexibility index (Phi) is 5.88. The van der Waals surface area contributed by atoms with E-state index >= 15 is 0 Å². The summed E-state index contributed by atoms with van der Waals surface area (Å²) >= 11 is 0. The molecule has 28 heavy (non-hydrogen) atoms. The lowest BCUT2D eigenvalue weighted by Crippen LogP contribution is -2.41. The van der Waals surface area contributed by atoms with Crippen molar-refractivity contribution < 1.29 is 14.5 Å². The van der Waals surface area contributed by atoms with Crippen LogP contribution in [-0.4, -0.2) is 35.9 Å². The number of benzene rings is 2. The summed E-state index contributed by atoms with van der Waals surface area (Å²) in [5, 5.41) is 16.3. The number of carbonyl (C=O) groups is 2. The van der Waals surface area contributed by atoms with Crippen LogP contribution in [0, 0.1) is 10.1 Å². The third-order valence-corrected chi connectivity index (χ3v) is 4.67. The number of nitrogens with zero attached hydrogens (tertiary/aromatic N) is 2. The molecule has 2 aromatic rings. The van der Waals surface area contributed by atoms with Crippen LogP contribution in [0.25, 0.3) is 0 Å². The van der Waals surface area contributed by atoms with E-state index < -0.39 is 16.9 Å². The largest absolute Gasteiger partial charge is 0.370 e. The first-order chi connectivity index (χ1) is 13.5. The molecule has 1 aliphatic rings. The Morgan fingerprint density at radius 3 is 2.54 bits per heavy atom. The van der Waals surface area contributed by atoms with E-state index in [1.807, 2.05) is 24.3 Å². The molecule has 1 saturated heterocycles. The number of nitro groups is 1. The van der Waals surface area contributed by atoms with Crippen molar-refractivity contribution in [3.63, 3.8) is 0 Å². The van der Waals surface area contributed by atoms with Crippen molar-refractivity contribution in [1.29, 1.82) is 0 Å². The van der Waals surface area contributed by atoms with Gasteiger partial charge in [-0.25, -0.2) is 0 Å². The van der Waals surface area contributed by atoms with Gasteiger partial charge in [0, 0.05) is 30.8 Å². The van der Waals surface area contributed by atoms with E-state index in [4.69, 9.17) is 0 Å². The Morgan fingerprint density at radius 2 is 1.82 bits per heavy atom. The minimum absolute atomic E-state index is 0.131. The molecule has 0 aromatic heterocycles. The fourth-order valence-electron chi connectivity index (χ4n) is 3.16. The maximum absolute atomic E-state index is 12.6. The second-order valence-corrected chi connectivity index (χ2v) is 6.70. The van der Waals surface area contributed by atoms with Crippen molar-refractivity contribution in [1.82, 2.24) is 5.32 Å². The lowest BCUT2D eigenvalue weighted by atomic mass is 10.1. The van der Waals surface area contributed by atoms with Gasteiger partial charge in [0.15, 0.2) is 0 Å². The van der Waals surface area contributed by atoms with E-state index in [0.29, 0.717) is 5.69 Å². The van der Waals surface area contributed by atoms with Crippen LogP contribution in [0.2, 0.25) is 0 Å². The number of amides is 2. The summed E-state index contributed by atoms with van der Waals surface area (Å²) in [7, 11) is 0. The zero-order valence-electron chi connectivity index (χ0n) is 15.6. The van der Waals surface area contributed by atoms with E-state index in [1.165, 1.54) is 24.3 Å². The SMILES string of the molecule is CC(NC(=O)c1cccc([N+](=O)[O-])c1)C(=O)Nc1ccccc1N1CCCC1. The van der Waals surface area contributed by atoms with Crippen molar-refractivity contribution >= 4 is 28.9 Å². The molecule has 8 nitrogen and oxygen atoms in total. The first-order valence-corrected chi connectivity index (χ1v) is 9.16. The minimum Gasteiger partial charge on any atom is -0.370 e. The van der Waals surface area contributed by atoms with Gasteiger partial charge in [0.1, 0.15) is 6.04 Å². The molecule has 2 aromatic carbocycles. The number of hydrogen-bond acceptors (Lipinski definition) is 5. The molecule has 2 amide bonds. The predicted molar refractivity (Wildman–Crippen MR) is 107 cm³/mol. The molecular formula is C20H22N4O4. The Morgan fingerprint density at radius 1 is 1.11 bits per heavy atom. The molecule has 0 radical (unpaired) electrons. The van der Waals surface area contributed by atoms with E-state index in [2.05, 4.69) is 15.5 Å². The number of anilines is 2. The fraction of sp³-hybridized carbons (Fsp3) is 0.300. The van der Waals surface area contributed by atoms with Gasteiger partial charge in [0.2, 0.25) is 5.91 Å². The monoisotopic (exact) mass is 382 g/mol. The van der Waals surface area contributed by atoms with Crippen molar-refractivity contribution in [3.05, 3.63) is 64.2 Å². The fourth-order valence-corrected chi connectivity index (χ4v) is 3.16. The van der Waals surface area contributed by atoms with Gasteiger partial charge in [0.05, 0.1) is 16.3 Å². The molecule has 1 aliphatic heterocycles. The average molecular weight is 382 g/mol. The van der Waals surface area contributed by atoms with Gasteiger partial charge in [0.25, 0.3) is 11.6 Å². The van der Waals surface area contributed by atoms with Crippen LogP contribution in [0.3, 0.4) is 0 Å². The molecule has 0 aliphatic carbocycles. The quantitative estimate of drug-likeness (QED) is 0.590. The minimum atomic E-state index is -0.807. The summed E-state index contributed by atoms with van der Waals surface area (Å²) in [6, 6.07) is 12.2. The number of nitrogens with one attached hydrogen (secondary N) is 2. The van der Waals surface area contributed by atoms with Crippen molar-refractivity contribution in [2.24, 2.45) is 0 Å². The summed E-state index contributed by atoms with van der Waals surface area (Å²) in [4.78, 5) is 37.4. The number of nitro benzene ring substituents is 1. The van der Waals surface area contributed by atoms with Gasteiger partial charge < -0.3 is 15.5 Å². The van der Waals surface area contributed by atoms with Crippen LogP contribution in [0.1, 0.15) is 30.1 Å². The average Bonchev–Trinajstić information content (AvgIpc) is 3.23. The molecule has 146 valence electrons. The zero-order valence-corrected chi connectivity index (χ0v) is 15.6. The number of non-ortho nitro benzene ring substituents is 1. The lowest BCUT2D eigenvalue weighted by molar-refractivity contribution is -0.384. The normalized spacial score (nSPS) is 14.4. The molecule has 2 N–H and O–H groups in total. The molecule has 3 rings (SSSR count). The molecule has 1 atom stereocenters. The van der Waals surface area contributed by atoms with Crippen molar-refractivity contribution in [2.75, 3.05) is 23.3 Å². The summed E-state index contributed by atoms with van der Waals surface area (Å²) in [5.41, 5.74) is 1.62. The number of para-hydroxylation sites is 2. The molecule has 1 heterocycles. The summed E-state index contributed by atoms with van der Waals surface area (Å²) in [5.74, 6) is -0.899. The molecular weight excluding hydrogens is 360 g/mol. The second-order valence-electron chi connectivity index (χ2n) is 6.70. The molecule has 0 saturated carbocycles. The summed E-state index contributed by atoms with van der Waals surface area (Å²) in [6.45, 7) is 3.47. The maximum atomic E-state index is 12.6. The van der Waals surface area contributed by atoms with Gasteiger partial charge in [-0.3, -0.25) is 19.7 Å². The van der Waals surface area contributed by atoms with Crippen LogP contribution < -0.4 is 15.5 Å². The zero-order chi connectivity index (χ0) is 20.1. The Hall–Kier alpha value is -3.42. The van der Waals surface area contributed by atoms with E-state index in [9.17, 15) is 19.7 Å². The maximum Gasteiger partial charge on any atom is 0.270 e. The molecule has 1 unspecified atom stereocenters. The highest BCUT2D eigenvalue weighted by Gasteiger charge is 2.21. The number of rotatable bonds is 6. The Labute approximate surface area is 162 Å². The van der Waals surface area contributed by atoms with Gasteiger partial charge in [-0.05, 0) is 38.0 Å². The highest BCUT2D eigenvalue weighted by molar-refractivity contribution is 6.02. The van der Waals surface area contributed by atoms with Crippen LogP contribution in [0.15, 0.2) is 48.5 Å². The predicted octanol–water partition coefficient (Wildman–Crippen LogP) is 2.95. The molecule has 0 bridgehead atoms. The van der Waals surface area contributed by atoms with E-state index in [1.54, 1.807) is 6.92 Å². The molecule has 1 fully saturated rings. The molecule has 8 heteroatoms. The van der Waals surface area contributed by atoms with Crippen molar-refractivity contribution in [3.8, 4) is 0 Å². The Bertz CT molecular complexity index is 893. The number of hydrogen-bond donors (Lipinski definition) is 2. The summed E-state index contributed by atoms with van der Waals surface area (Å²) in [6.07, 6.45) is 2.25. The first-order valence-electron chi connectivity index (χ1n) is 9.16. The van der Waals surface area contributed by atoms with Crippen LogP contribution in [0.4, 0.5) is 17.1 Å². The third kappa shape index (κ3) is 4.46. The van der Waals surface area contributed by atoms with Gasteiger partial charge in [-0.1, -0.05) is 18.2 Å². The lowest BCUT2D eigenvalue weighted by Gasteiger charge is -2.22. The van der Waals surface area contributed by atoms with Gasteiger partial charge in [-0.15, -0.1) is 0 Å². The molecule has 0 spiro atoms. The van der Waals surface area contributed by atoms with Crippen molar-refractivity contribution in [2.45, 2.75) is 25.8 Å². The van der Waals surface area contributed by atoms with Crippen LogP contribution in [0.5, 0.6) is 0 Å². The van der Waals surface area contributed by atoms with Gasteiger partial charge in [-0.2, -0.15) is 0 Å². The highest BCUT2D eigenvalue weighted by Crippen LogP contribution is 2.28. The number of carbonyl (C=O) groups excluding carboxylic acids is 2. The van der Waals surface area contributed by atoms with Crippen LogP contribution >= 0.6 is 0 Å². The van der Waals surface area contributed by atoms with Gasteiger partial charge >= 0.3 is 0 Å². The van der Waals surface area contributed by atoms with E-state index in [-0.39, 0.29) is 17.2 Å². The Balaban J connectivity index is 1.66. The highest BCUT2D eigenvalue weighted by atomic mass is 16.6. The third-order valence-electron chi connectivity index (χ3n) is 4.67. The summed E-state index contributed by atoms with van der Waals surface area (Å²) < 4.78 is 0. The topological polar surface area (TPSA) is 105 Å². The first kappa shape index (κ1) is 19.3. The van der Waals surface area contributed by atoms with E-state index in [0.717, 1.165) is 31.6 Å². The smallest absolute Gasteiger partial charge is 0.270 e. The standard InChI is InChI=1S/C20H22N4O4/c1-14(21-20(26)15-7-6-8-16(13-15)24(27)28)19(25)22-17-9-2-3-10-18(17)23-11-4-5-12-23/h2-3,6-10,13-14H,4-5,11-12H2,1H3,(H,21,26)(H,22,25).